The highest BCUT2D eigenvalue weighted by Gasteiger charge is 2.24. The fourth-order valence-electron chi connectivity index (χ4n) is 3.65. The lowest BCUT2D eigenvalue weighted by Gasteiger charge is -2.21. The maximum Gasteiger partial charge on any atom is 0.327 e. The summed E-state index contributed by atoms with van der Waals surface area (Å²) < 4.78 is 0. The fourth-order valence-corrected chi connectivity index (χ4v) is 3.82. The zero-order valence-corrected chi connectivity index (χ0v) is 16.5. The molecule has 3 N–H and O–H groups in total. The van der Waals surface area contributed by atoms with Gasteiger partial charge in [0.2, 0.25) is 0 Å². The monoisotopic (exact) mass is 413 g/mol. The third kappa shape index (κ3) is 4.02. The van der Waals surface area contributed by atoms with E-state index in [4.69, 9.17) is 11.6 Å². The second-order valence-electron chi connectivity index (χ2n) is 7.27. The number of rotatable bonds is 4. The number of aryl methyl sites for hydroxylation is 1. The van der Waals surface area contributed by atoms with Gasteiger partial charge >= 0.3 is 5.69 Å². The van der Waals surface area contributed by atoms with Crippen molar-refractivity contribution in [2.45, 2.75) is 13.3 Å². The summed E-state index contributed by atoms with van der Waals surface area (Å²) >= 11 is 6.13. The van der Waals surface area contributed by atoms with E-state index in [0.29, 0.717) is 17.5 Å². The Morgan fingerprint density at radius 1 is 1.31 bits per heavy atom. The molecule has 1 aliphatic rings. The van der Waals surface area contributed by atoms with E-state index in [-0.39, 0.29) is 22.5 Å². The summed E-state index contributed by atoms with van der Waals surface area (Å²) in [5.74, 6) is 0.00731. The van der Waals surface area contributed by atoms with E-state index < -0.39 is 11.2 Å². The maximum atomic E-state index is 12.5. The Bertz CT molecular complexity index is 1200. The Hall–Kier alpha value is -3.13. The van der Waals surface area contributed by atoms with Gasteiger partial charge in [-0.15, -0.1) is 0 Å². The van der Waals surface area contributed by atoms with Crippen LogP contribution in [0.5, 0.6) is 0 Å². The molecular weight excluding hydrogens is 394 g/mol. The molecule has 9 heteroatoms. The minimum absolute atomic E-state index is 0.152. The van der Waals surface area contributed by atoms with Crippen LogP contribution in [0.4, 0.5) is 5.69 Å². The van der Waals surface area contributed by atoms with Gasteiger partial charge in [-0.05, 0) is 43.0 Å². The van der Waals surface area contributed by atoms with E-state index in [9.17, 15) is 14.4 Å². The highest BCUT2D eigenvalue weighted by atomic mass is 35.5. The van der Waals surface area contributed by atoms with Crippen LogP contribution in [0.2, 0.25) is 5.02 Å². The van der Waals surface area contributed by atoms with Crippen molar-refractivity contribution < 1.29 is 4.79 Å². The maximum absolute atomic E-state index is 12.5. The van der Waals surface area contributed by atoms with Crippen LogP contribution in [-0.4, -0.2) is 40.5 Å². The minimum Gasteiger partial charge on any atom is -0.371 e. The van der Waals surface area contributed by atoms with E-state index in [1.165, 1.54) is 17.8 Å². The number of benzene rings is 1. The first-order valence-corrected chi connectivity index (χ1v) is 9.70. The van der Waals surface area contributed by atoms with Crippen LogP contribution in [0.15, 0.2) is 40.1 Å². The van der Waals surface area contributed by atoms with E-state index in [0.717, 1.165) is 25.2 Å². The SMILES string of the molecule is Cc1ccc(Cl)cc1N1CCC(CNC(=O)c2cnc3[nH]c(=O)[nH]c(=O)c3c2)C1. The number of carbonyl (C=O) groups is 1. The van der Waals surface area contributed by atoms with Gasteiger partial charge in [-0.3, -0.25) is 19.6 Å². The van der Waals surface area contributed by atoms with Crippen molar-refractivity contribution in [2.24, 2.45) is 5.92 Å². The lowest BCUT2D eigenvalue weighted by atomic mass is 10.1. The number of H-pyrrole nitrogens is 2. The number of hydrogen-bond acceptors (Lipinski definition) is 5. The molecule has 1 fully saturated rings. The second kappa shape index (κ2) is 7.71. The van der Waals surface area contributed by atoms with Crippen LogP contribution < -0.4 is 21.5 Å². The number of nitrogens with one attached hydrogen (secondary N) is 3. The van der Waals surface area contributed by atoms with E-state index in [2.05, 4.69) is 32.1 Å². The molecule has 0 bridgehead atoms. The molecule has 0 saturated carbocycles. The summed E-state index contributed by atoms with van der Waals surface area (Å²) in [7, 11) is 0. The smallest absolute Gasteiger partial charge is 0.327 e. The van der Waals surface area contributed by atoms with Crippen molar-refractivity contribution in [3.63, 3.8) is 0 Å². The minimum atomic E-state index is -0.632. The van der Waals surface area contributed by atoms with E-state index >= 15 is 0 Å². The number of anilines is 1. The molecule has 1 amide bonds. The topological polar surface area (TPSA) is 111 Å². The molecule has 0 radical (unpaired) electrons. The van der Waals surface area contributed by atoms with E-state index in [1.54, 1.807) is 0 Å². The second-order valence-corrected chi connectivity index (χ2v) is 7.71. The van der Waals surface area contributed by atoms with Crippen molar-refractivity contribution >= 4 is 34.2 Å². The first kappa shape index (κ1) is 19.2. The Balaban J connectivity index is 1.41. The number of carbonyl (C=O) groups excluding carboxylic acids is 1. The quantitative estimate of drug-likeness (QED) is 0.604. The third-order valence-corrected chi connectivity index (χ3v) is 5.44. The highest BCUT2D eigenvalue weighted by molar-refractivity contribution is 6.30. The lowest BCUT2D eigenvalue weighted by Crippen LogP contribution is -2.31. The largest absolute Gasteiger partial charge is 0.371 e. The van der Waals surface area contributed by atoms with Crippen molar-refractivity contribution in [1.29, 1.82) is 0 Å². The van der Waals surface area contributed by atoms with Gasteiger partial charge in [0.1, 0.15) is 5.65 Å². The predicted molar refractivity (Wildman–Crippen MR) is 112 cm³/mol. The molecule has 1 unspecified atom stereocenters. The average Bonchev–Trinajstić information content (AvgIpc) is 3.16. The summed E-state index contributed by atoms with van der Waals surface area (Å²) in [6.45, 7) is 4.32. The first-order chi connectivity index (χ1) is 13.9. The van der Waals surface area contributed by atoms with Crippen LogP contribution in [0.3, 0.4) is 0 Å². The summed E-state index contributed by atoms with van der Waals surface area (Å²) in [6.07, 6.45) is 2.31. The number of nitrogens with zero attached hydrogens (tertiary/aromatic N) is 2. The number of aromatic nitrogens is 3. The van der Waals surface area contributed by atoms with Gasteiger partial charge in [0.25, 0.3) is 11.5 Å². The molecule has 3 aromatic rings. The van der Waals surface area contributed by atoms with Gasteiger partial charge in [-0.1, -0.05) is 17.7 Å². The molecule has 4 rings (SSSR count). The number of halogens is 1. The summed E-state index contributed by atoms with van der Waals surface area (Å²) in [5, 5.41) is 3.80. The van der Waals surface area contributed by atoms with Gasteiger partial charge in [-0.2, -0.15) is 0 Å². The molecule has 8 nitrogen and oxygen atoms in total. The molecule has 2 aromatic heterocycles. The van der Waals surface area contributed by atoms with Crippen LogP contribution in [-0.2, 0) is 0 Å². The Kier molecular flexibility index (Phi) is 5.10. The molecule has 3 heterocycles. The normalized spacial score (nSPS) is 16.3. The molecule has 1 atom stereocenters. The molecule has 1 aromatic carbocycles. The molecule has 1 aliphatic heterocycles. The predicted octanol–water partition coefficient (Wildman–Crippen LogP) is 1.83. The lowest BCUT2D eigenvalue weighted by molar-refractivity contribution is 0.0948. The molecule has 0 spiro atoms. The van der Waals surface area contributed by atoms with Crippen molar-refractivity contribution in [2.75, 3.05) is 24.5 Å². The van der Waals surface area contributed by atoms with Gasteiger partial charge in [0, 0.05) is 36.5 Å². The van der Waals surface area contributed by atoms with Gasteiger partial charge in [-0.25, -0.2) is 9.78 Å². The zero-order chi connectivity index (χ0) is 20.5. The number of amides is 1. The number of pyridine rings is 1. The first-order valence-electron chi connectivity index (χ1n) is 9.32. The number of aromatic amines is 2. The van der Waals surface area contributed by atoms with Gasteiger partial charge in [0.15, 0.2) is 0 Å². The van der Waals surface area contributed by atoms with Gasteiger partial charge < -0.3 is 10.2 Å². The molecule has 1 saturated heterocycles. The third-order valence-electron chi connectivity index (χ3n) is 5.20. The average molecular weight is 414 g/mol. The highest BCUT2D eigenvalue weighted by Crippen LogP contribution is 2.29. The van der Waals surface area contributed by atoms with Crippen molar-refractivity contribution in [3.8, 4) is 0 Å². The zero-order valence-electron chi connectivity index (χ0n) is 15.8. The standard InChI is InChI=1S/C20H20ClN5O3/c1-11-2-3-14(21)7-16(11)26-5-4-12(10-26)8-23-18(27)13-6-15-17(22-9-13)24-20(29)25-19(15)28/h2-3,6-7,9,12H,4-5,8,10H2,1H3,(H,23,27)(H2,22,24,25,28,29). The van der Waals surface area contributed by atoms with E-state index in [1.807, 2.05) is 18.2 Å². The summed E-state index contributed by atoms with van der Waals surface area (Å²) in [4.78, 5) is 46.6. The van der Waals surface area contributed by atoms with Gasteiger partial charge in [0.05, 0.1) is 10.9 Å². The van der Waals surface area contributed by atoms with Crippen LogP contribution >= 0.6 is 11.6 Å². The Morgan fingerprint density at radius 2 is 2.14 bits per heavy atom. The fraction of sp³-hybridized carbons (Fsp3) is 0.300. The van der Waals surface area contributed by atoms with Crippen LogP contribution in [0.25, 0.3) is 11.0 Å². The molecule has 29 heavy (non-hydrogen) atoms. The number of hydrogen-bond donors (Lipinski definition) is 3. The molecule has 0 aliphatic carbocycles. The molecule has 150 valence electrons. The van der Waals surface area contributed by atoms with Crippen molar-refractivity contribution in [3.05, 3.63) is 67.4 Å². The Labute approximate surface area is 170 Å². The van der Waals surface area contributed by atoms with Crippen LogP contribution in [0, 0.1) is 12.8 Å². The van der Waals surface area contributed by atoms with Crippen molar-refractivity contribution in [1.82, 2.24) is 20.3 Å². The van der Waals surface area contributed by atoms with Crippen LogP contribution in [0.1, 0.15) is 22.3 Å². The summed E-state index contributed by atoms with van der Waals surface area (Å²) in [5.41, 5.74) is 1.51. The summed E-state index contributed by atoms with van der Waals surface area (Å²) in [6, 6.07) is 7.30. The Morgan fingerprint density at radius 3 is 2.97 bits per heavy atom. The molecular formula is C20H20ClN5O3. The number of fused-ring (bicyclic) bond motifs is 1.